The normalized spacial score (nSPS) is 10.1. The van der Waals surface area contributed by atoms with Gasteiger partial charge in [-0.25, -0.2) is 0 Å². The van der Waals surface area contributed by atoms with Gasteiger partial charge in [0.25, 0.3) is 0 Å². The molecule has 2 rings (SSSR count). The minimum absolute atomic E-state index is 0.540. The molecule has 82 valence electrons. The lowest BCUT2D eigenvalue weighted by Gasteiger charge is -2.10. The molecular weight excluding hydrogens is 218 g/mol. The summed E-state index contributed by atoms with van der Waals surface area (Å²) in [4.78, 5) is 0. The molecule has 0 heterocycles. The van der Waals surface area contributed by atoms with Crippen molar-refractivity contribution in [3.05, 3.63) is 65.7 Å². The van der Waals surface area contributed by atoms with Crippen LogP contribution in [0, 0.1) is 0 Å². The molecule has 0 radical (unpaired) electrons. The van der Waals surface area contributed by atoms with Crippen LogP contribution in [0.15, 0.2) is 54.6 Å². The van der Waals surface area contributed by atoms with Crippen molar-refractivity contribution in [2.45, 2.75) is 12.4 Å². The second-order valence-corrected chi connectivity index (χ2v) is 3.90. The zero-order chi connectivity index (χ0) is 11.2. The van der Waals surface area contributed by atoms with Gasteiger partial charge in [0.05, 0.1) is 0 Å². The van der Waals surface area contributed by atoms with Crippen molar-refractivity contribution in [1.82, 2.24) is 0 Å². The monoisotopic (exact) mass is 231 g/mol. The minimum atomic E-state index is 0.540. The average molecular weight is 232 g/mol. The van der Waals surface area contributed by atoms with Crippen LogP contribution in [0.2, 0.25) is 0 Å². The molecule has 0 aliphatic heterocycles. The van der Waals surface area contributed by atoms with Crippen LogP contribution >= 0.6 is 11.6 Å². The van der Waals surface area contributed by atoms with Crippen LogP contribution in [-0.2, 0) is 12.4 Å². The minimum Gasteiger partial charge on any atom is -0.381 e. The van der Waals surface area contributed by atoms with Crippen molar-refractivity contribution in [1.29, 1.82) is 0 Å². The van der Waals surface area contributed by atoms with Gasteiger partial charge in [0.15, 0.2) is 0 Å². The Morgan fingerprint density at radius 2 is 1.56 bits per heavy atom. The molecule has 0 aliphatic carbocycles. The number of halogens is 1. The standard InChI is InChI=1S/C14H14ClN/c15-10-13-8-4-5-9-14(13)16-11-12-6-2-1-3-7-12/h1-9,16H,10-11H2. The highest BCUT2D eigenvalue weighted by atomic mass is 35.5. The number of rotatable bonds is 4. The van der Waals surface area contributed by atoms with Crippen LogP contribution in [0.4, 0.5) is 5.69 Å². The fraction of sp³-hybridized carbons (Fsp3) is 0.143. The number of alkyl halides is 1. The van der Waals surface area contributed by atoms with Crippen LogP contribution in [0.3, 0.4) is 0 Å². The quantitative estimate of drug-likeness (QED) is 0.784. The molecule has 0 spiro atoms. The summed E-state index contributed by atoms with van der Waals surface area (Å²) in [5.74, 6) is 0.540. The van der Waals surface area contributed by atoms with Crippen molar-refractivity contribution >= 4 is 17.3 Å². The fourth-order valence-electron chi connectivity index (χ4n) is 1.60. The summed E-state index contributed by atoms with van der Waals surface area (Å²) in [6.45, 7) is 0.828. The van der Waals surface area contributed by atoms with Crippen molar-refractivity contribution in [2.24, 2.45) is 0 Å². The molecule has 2 aromatic carbocycles. The smallest absolute Gasteiger partial charge is 0.0494 e. The lowest BCUT2D eigenvalue weighted by atomic mass is 10.2. The molecule has 0 aliphatic rings. The van der Waals surface area contributed by atoms with E-state index in [1.807, 2.05) is 36.4 Å². The molecule has 0 unspecified atom stereocenters. The highest BCUT2D eigenvalue weighted by Crippen LogP contribution is 2.17. The first kappa shape index (κ1) is 11.0. The second kappa shape index (κ2) is 5.57. The maximum atomic E-state index is 5.87. The van der Waals surface area contributed by atoms with Gasteiger partial charge in [-0.05, 0) is 17.2 Å². The number of anilines is 1. The summed E-state index contributed by atoms with van der Waals surface area (Å²) in [7, 11) is 0. The first-order valence-corrected chi connectivity index (χ1v) is 5.85. The van der Waals surface area contributed by atoms with Gasteiger partial charge in [0, 0.05) is 18.1 Å². The lowest BCUT2D eigenvalue weighted by Crippen LogP contribution is -2.01. The predicted octanol–water partition coefficient (Wildman–Crippen LogP) is 4.04. The first-order chi connectivity index (χ1) is 7.90. The predicted molar refractivity (Wildman–Crippen MR) is 69.8 cm³/mol. The van der Waals surface area contributed by atoms with Crippen LogP contribution in [0.5, 0.6) is 0 Å². The SMILES string of the molecule is ClCc1ccccc1NCc1ccccc1. The van der Waals surface area contributed by atoms with E-state index in [9.17, 15) is 0 Å². The Hall–Kier alpha value is -1.47. The van der Waals surface area contributed by atoms with Gasteiger partial charge >= 0.3 is 0 Å². The Labute approximate surface area is 101 Å². The second-order valence-electron chi connectivity index (χ2n) is 3.63. The summed E-state index contributed by atoms with van der Waals surface area (Å²) in [5, 5.41) is 3.40. The van der Waals surface area contributed by atoms with Gasteiger partial charge in [0.2, 0.25) is 0 Å². The summed E-state index contributed by atoms with van der Waals surface area (Å²) in [6, 6.07) is 18.5. The van der Waals surface area contributed by atoms with E-state index >= 15 is 0 Å². The van der Waals surface area contributed by atoms with Crippen LogP contribution < -0.4 is 5.32 Å². The summed E-state index contributed by atoms with van der Waals surface area (Å²) in [6.07, 6.45) is 0. The molecule has 1 nitrogen and oxygen atoms in total. The maximum Gasteiger partial charge on any atom is 0.0494 e. The Bertz CT molecular complexity index is 439. The summed E-state index contributed by atoms with van der Waals surface area (Å²) < 4.78 is 0. The molecule has 16 heavy (non-hydrogen) atoms. The van der Waals surface area contributed by atoms with Crippen LogP contribution in [-0.4, -0.2) is 0 Å². The maximum absolute atomic E-state index is 5.87. The number of nitrogens with one attached hydrogen (secondary N) is 1. The third kappa shape index (κ3) is 2.77. The van der Waals surface area contributed by atoms with E-state index in [1.54, 1.807) is 0 Å². The third-order valence-corrected chi connectivity index (χ3v) is 2.78. The molecule has 0 aromatic heterocycles. The van der Waals surface area contributed by atoms with Crippen LogP contribution in [0.25, 0.3) is 0 Å². The molecule has 1 N–H and O–H groups in total. The topological polar surface area (TPSA) is 12.0 Å². The van der Waals surface area contributed by atoms with Gasteiger partial charge in [-0.3, -0.25) is 0 Å². The molecule has 0 bridgehead atoms. The Morgan fingerprint density at radius 1 is 0.875 bits per heavy atom. The highest BCUT2D eigenvalue weighted by Gasteiger charge is 1.99. The zero-order valence-electron chi connectivity index (χ0n) is 8.99. The van der Waals surface area contributed by atoms with E-state index in [-0.39, 0.29) is 0 Å². The number of para-hydroxylation sites is 1. The van der Waals surface area contributed by atoms with Gasteiger partial charge in [0.1, 0.15) is 0 Å². The molecule has 0 saturated carbocycles. The van der Waals surface area contributed by atoms with Crippen molar-refractivity contribution in [2.75, 3.05) is 5.32 Å². The summed E-state index contributed by atoms with van der Waals surface area (Å²) >= 11 is 5.87. The van der Waals surface area contributed by atoms with E-state index in [0.717, 1.165) is 17.8 Å². The van der Waals surface area contributed by atoms with Gasteiger partial charge in [-0.2, -0.15) is 0 Å². The molecule has 2 aromatic rings. The molecule has 0 amide bonds. The Kier molecular flexibility index (Phi) is 3.84. The van der Waals surface area contributed by atoms with Gasteiger partial charge < -0.3 is 5.32 Å². The average Bonchev–Trinajstić information content (AvgIpc) is 2.38. The number of hydrogen-bond donors (Lipinski definition) is 1. The number of hydrogen-bond acceptors (Lipinski definition) is 1. The largest absolute Gasteiger partial charge is 0.381 e. The van der Waals surface area contributed by atoms with E-state index in [2.05, 4.69) is 23.5 Å². The van der Waals surface area contributed by atoms with E-state index < -0.39 is 0 Å². The zero-order valence-corrected chi connectivity index (χ0v) is 9.74. The van der Waals surface area contributed by atoms with E-state index in [4.69, 9.17) is 11.6 Å². The first-order valence-electron chi connectivity index (χ1n) is 5.32. The Morgan fingerprint density at radius 3 is 2.31 bits per heavy atom. The number of benzene rings is 2. The van der Waals surface area contributed by atoms with Crippen molar-refractivity contribution in [3.8, 4) is 0 Å². The highest BCUT2D eigenvalue weighted by molar-refractivity contribution is 6.17. The molecule has 0 atom stereocenters. The molecule has 0 saturated heterocycles. The van der Waals surface area contributed by atoms with Crippen LogP contribution in [0.1, 0.15) is 11.1 Å². The Balaban J connectivity index is 2.05. The third-order valence-electron chi connectivity index (χ3n) is 2.49. The van der Waals surface area contributed by atoms with Crippen molar-refractivity contribution < 1.29 is 0 Å². The van der Waals surface area contributed by atoms with E-state index in [1.165, 1.54) is 5.56 Å². The van der Waals surface area contributed by atoms with E-state index in [0.29, 0.717) is 5.88 Å². The molecule has 2 heteroatoms. The van der Waals surface area contributed by atoms with Crippen molar-refractivity contribution in [3.63, 3.8) is 0 Å². The summed E-state index contributed by atoms with van der Waals surface area (Å²) in [5.41, 5.74) is 3.52. The van der Waals surface area contributed by atoms with Gasteiger partial charge in [-0.15, -0.1) is 11.6 Å². The molecular formula is C14H14ClN. The van der Waals surface area contributed by atoms with Gasteiger partial charge in [-0.1, -0.05) is 48.5 Å². The lowest BCUT2D eigenvalue weighted by molar-refractivity contribution is 1.14. The fourth-order valence-corrected chi connectivity index (χ4v) is 1.84. The molecule has 0 fully saturated rings.